The first-order chi connectivity index (χ1) is 20.1. The minimum atomic E-state index is -4.36. The van der Waals surface area contributed by atoms with E-state index in [1.165, 1.54) is 179 Å². The normalized spacial score (nSPS) is 11.6. The van der Waals surface area contributed by atoms with Crippen LogP contribution in [0.15, 0.2) is 29.2 Å². The summed E-state index contributed by atoms with van der Waals surface area (Å²) < 4.78 is 34.1. The van der Waals surface area contributed by atoms with Crippen LogP contribution >= 0.6 is 0 Å². The Hall–Kier alpha value is 0.130. The fraction of sp³-hybridized carbons (Fsp3) is 0.838. The van der Waals surface area contributed by atoms with E-state index in [2.05, 4.69) is 6.92 Å². The Bertz CT molecular complexity index is 796. The molecule has 0 spiro atoms. The average Bonchev–Trinajstić information content (AvgIpc) is 2.96. The van der Waals surface area contributed by atoms with Crippen LogP contribution in [0.25, 0.3) is 0 Å². The van der Waals surface area contributed by atoms with Gasteiger partial charge in [0.1, 0.15) is 10.1 Å². The second kappa shape index (κ2) is 31.1. The summed E-state index contributed by atoms with van der Waals surface area (Å²) in [7, 11) is -4.36. The van der Waals surface area contributed by atoms with E-state index in [0.29, 0.717) is 12.0 Å². The Balaban J connectivity index is 0.0000168. The van der Waals surface area contributed by atoms with Crippen LogP contribution in [0.4, 0.5) is 0 Å². The molecule has 1 aromatic rings. The largest absolute Gasteiger partial charge is 1.00 e. The van der Waals surface area contributed by atoms with Gasteiger partial charge in [-0.2, -0.15) is 0 Å². The van der Waals surface area contributed by atoms with Gasteiger partial charge in [-0.1, -0.05) is 205 Å². The van der Waals surface area contributed by atoms with Crippen molar-refractivity contribution in [2.24, 2.45) is 0 Å². The first-order valence-corrected chi connectivity index (χ1v) is 19.5. The minimum absolute atomic E-state index is 0. The molecule has 3 nitrogen and oxygen atoms in total. The van der Waals surface area contributed by atoms with Crippen molar-refractivity contribution >= 4 is 10.1 Å². The Labute approximate surface area is 285 Å². The molecule has 0 aliphatic rings. The zero-order valence-corrected chi connectivity index (χ0v) is 31.0. The van der Waals surface area contributed by atoms with Gasteiger partial charge >= 0.3 is 29.6 Å². The van der Waals surface area contributed by atoms with Gasteiger partial charge < -0.3 is 4.55 Å². The summed E-state index contributed by atoms with van der Waals surface area (Å²) in [4.78, 5) is -0.0415. The van der Waals surface area contributed by atoms with Crippen molar-refractivity contribution in [1.29, 1.82) is 0 Å². The van der Waals surface area contributed by atoms with Crippen molar-refractivity contribution in [2.45, 2.75) is 204 Å². The number of hydrogen-bond donors (Lipinski definition) is 0. The van der Waals surface area contributed by atoms with Gasteiger partial charge in [-0.3, -0.25) is 0 Å². The van der Waals surface area contributed by atoms with E-state index in [1.807, 2.05) is 6.07 Å². The molecular formula is C37H67NaO3S. The maximum Gasteiger partial charge on any atom is 1.00 e. The molecule has 0 radical (unpaired) electrons. The summed E-state index contributed by atoms with van der Waals surface area (Å²) >= 11 is 0. The molecule has 5 heteroatoms. The molecule has 0 saturated heterocycles. The summed E-state index contributed by atoms with van der Waals surface area (Å²) in [6.45, 7) is 2.30. The molecule has 1 rings (SSSR count). The van der Waals surface area contributed by atoms with Crippen LogP contribution in [-0.2, 0) is 16.5 Å². The number of hydrogen-bond acceptors (Lipinski definition) is 3. The molecule has 0 saturated carbocycles. The summed E-state index contributed by atoms with van der Waals surface area (Å²) in [6, 6.07) is 6.63. The molecule has 0 heterocycles. The van der Waals surface area contributed by atoms with E-state index >= 15 is 0 Å². The van der Waals surface area contributed by atoms with E-state index in [-0.39, 0.29) is 34.5 Å². The Kier molecular flexibility index (Phi) is 31.2. The predicted molar refractivity (Wildman–Crippen MR) is 178 cm³/mol. The number of aryl methyl sites for hydroxylation is 1. The van der Waals surface area contributed by atoms with Crippen molar-refractivity contribution in [3.05, 3.63) is 29.8 Å². The average molecular weight is 615 g/mol. The van der Waals surface area contributed by atoms with Gasteiger partial charge in [-0.15, -0.1) is 0 Å². The van der Waals surface area contributed by atoms with Crippen LogP contribution in [0.2, 0.25) is 0 Å². The molecule has 240 valence electrons. The van der Waals surface area contributed by atoms with Crippen LogP contribution in [0.3, 0.4) is 0 Å². The van der Waals surface area contributed by atoms with E-state index in [4.69, 9.17) is 0 Å². The van der Waals surface area contributed by atoms with Crippen molar-refractivity contribution in [2.75, 3.05) is 0 Å². The second-order valence-corrected chi connectivity index (χ2v) is 14.1. The second-order valence-electron chi connectivity index (χ2n) is 12.7. The van der Waals surface area contributed by atoms with Crippen molar-refractivity contribution in [3.63, 3.8) is 0 Å². The van der Waals surface area contributed by atoms with Gasteiger partial charge in [-0.25, -0.2) is 8.42 Å². The maximum absolute atomic E-state index is 11.4. The molecule has 0 N–H and O–H groups in total. The SMILES string of the molecule is CCCCCCCCCCCCCCCCCCCCCCCCCCCCCCCc1ccccc1S(=O)(=O)[O-].[Na+]. The smallest absolute Gasteiger partial charge is 0.744 e. The Morgan fingerprint density at radius 1 is 0.452 bits per heavy atom. The van der Waals surface area contributed by atoms with Gasteiger partial charge in [0.05, 0.1) is 4.90 Å². The molecule has 0 aliphatic carbocycles. The molecule has 0 bridgehead atoms. The van der Waals surface area contributed by atoms with E-state index < -0.39 is 10.1 Å². The minimum Gasteiger partial charge on any atom is -0.744 e. The molecule has 1 aromatic carbocycles. The fourth-order valence-corrected chi connectivity index (χ4v) is 6.85. The third kappa shape index (κ3) is 26.5. The molecule has 0 fully saturated rings. The summed E-state index contributed by atoms with van der Waals surface area (Å²) in [5.74, 6) is 0. The third-order valence-electron chi connectivity index (χ3n) is 8.79. The fourth-order valence-electron chi connectivity index (χ4n) is 6.12. The summed E-state index contributed by atoms with van der Waals surface area (Å²) in [5.41, 5.74) is 0.674. The predicted octanol–water partition coefficient (Wildman–Crippen LogP) is 9.47. The first kappa shape index (κ1) is 42.1. The van der Waals surface area contributed by atoms with Crippen LogP contribution in [0.1, 0.15) is 199 Å². The number of rotatable bonds is 31. The summed E-state index contributed by atoms with van der Waals surface area (Å²) in [6.07, 6.45) is 41.0. The molecule has 0 unspecified atom stereocenters. The van der Waals surface area contributed by atoms with Crippen LogP contribution in [0, 0.1) is 0 Å². The molecule has 0 atom stereocenters. The van der Waals surface area contributed by atoms with Crippen LogP contribution < -0.4 is 29.6 Å². The van der Waals surface area contributed by atoms with Gasteiger partial charge in [0, 0.05) is 0 Å². The number of unbranched alkanes of at least 4 members (excludes halogenated alkanes) is 28. The molecule has 0 aromatic heterocycles. The first-order valence-electron chi connectivity index (χ1n) is 18.1. The van der Waals surface area contributed by atoms with Gasteiger partial charge in [-0.05, 0) is 24.5 Å². The van der Waals surface area contributed by atoms with Gasteiger partial charge in [0.25, 0.3) is 0 Å². The molecule has 0 aliphatic heterocycles. The molecular weight excluding hydrogens is 547 g/mol. The van der Waals surface area contributed by atoms with Crippen molar-refractivity contribution < 1.29 is 42.5 Å². The molecule has 42 heavy (non-hydrogen) atoms. The van der Waals surface area contributed by atoms with Gasteiger partial charge in [0.15, 0.2) is 0 Å². The monoisotopic (exact) mass is 614 g/mol. The maximum atomic E-state index is 11.4. The van der Waals surface area contributed by atoms with Gasteiger partial charge in [0.2, 0.25) is 0 Å². The van der Waals surface area contributed by atoms with E-state index in [1.54, 1.807) is 12.1 Å². The zero-order chi connectivity index (χ0) is 29.7. The summed E-state index contributed by atoms with van der Waals surface area (Å²) in [5, 5.41) is 0. The molecule has 0 amide bonds. The van der Waals surface area contributed by atoms with Crippen molar-refractivity contribution in [1.82, 2.24) is 0 Å². The van der Waals surface area contributed by atoms with Crippen molar-refractivity contribution in [3.8, 4) is 0 Å². The Morgan fingerprint density at radius 3 is 1.00 bits per heavy atom. The topological polar surface area (TPSA) is 57.2 Å². The van der Waals surface area contributed by atoms with E-state index in [9.17, 15) is 13.0 Å². The quantitative estimate of drug-likeness (QED) is 0.0475. The zero-order valence-electron chi connectivity index (χ0n) is 28.2. The van der Waals surface area contributed by atoms with E-state index in [0.717, 1.165) is 12.8 Å². The third-order valence-corrected chi connectivity index (χ3v) is 9.73. The number of benzene rings is 1. The Morgan fingerprint density at radius 2 is 0.714 bits per heavy atom. The standard InChI is InChI=1S/C37H68O3S.Na/c1-2-3-4-5-6-7-8-9-10-11-12-13-14-15-16-17-18-19-20-21-22-23-24-25-26-27-28-29-30-33-36-34-31-32-35-37(36)41(38,39)40;/h31-32,34-35H,2-30,33H2,1H3,(H,38,39,40);/q;+1/p-1. The van der Waals surface area contributed by atoms with Crippen LogP contribution in [0.5, 0.6) is 0 Å². The van der Waals surface area contributed by atoms with Crippen LogP contribution in [-0.4, -0.2) is 13.0 Å².